The van der Waals surface area contributed by atoms with Crippen molar-refractivity contribution < 1.29 is 35.3 Å². The van der Waals surface area contributed by atoms with Crippen LogP contribution in [0.15, 0.2) is 0 Å². The third kappa shape index (κ3) is 5.31. The van der Waals surface area contributed by atoms with E-state index in [4.69, 9.17) is 4.74 Å². The summed E-state index contributed by atoms with van der Waals surface area (Å²) in [5, 5.41) is 0. The van der Waals surface area contributed by atoms with Crippen molar-refractivity contribution in [2.75, 3.05) is 13.2 Å². The first-order valence-electron chi connectivity index (χ1n) is 6.79. The van der Waals surface area contributed by atoms with E-state index in [9.17, 15) is 26.4 Å². The minimum absolute atomic E-state index is 0.287. The van der Waals surface area contributed by atoms with E-state index in [0.717, 1.165) is 0 Å². The Kier molecular flexibility index (Phi) is 5.71. The van der Waals surface area contributed by atoms with Crippen molar-refractivity contribution >= 4 is 16.2 Å². The van der Waals surface area contributed by atoms with Gasteiger partial charge in [0.15, 0.2) is 0 Å². The van der Waals surface area contributed by atoms with Crippen LogP contribution in [0.2, 0.25) is 0 Å². The normalized spacial score (nSPS) is 20.8. The Morgan fingerprint density at radius 3 is 2.32 bits per heavy atom. The topological polar surface area (TPSA) is 72.9 Å². The number of carbonyl (C=O) groups is 1. The summed E-state index contributed by atoms with van der Waals surface area (Å²) in [4.78, 5) is 13.2. The zero-order valence-electron chi connectivity index (χ0n) is 12.6. The maximum Gasteiger partial charge on any atom is 0.523 e. The average Bonchev–Trinajstić information content (AvgIpc) is 2.33. The van der Waals surface area contributed by atoms with Gasteiger partial charge in [0, 0.05) is 6.54 Å². The minimum Gasteiger partial charge on any atom is -0.444 e. The van der Waals surface area contributed by atoms with E-state index in [1.807, 2.05) is 0 Å². The van der Waals surface area contributed by atoms with Crippen LogP contribution in [0.3, 0.4) is 0 Å². The van der Waals surface area contributed by atoms with Gasteiger partial charge >= 0.3 is 21.7 Å². The van der Waals surface area contributed by atoms with Crippen LogP contribution < -0.4 is 0 Å². The average molecular weight is 347 g/mol. The summed E-state index contributed by atoms with van der Waals surface area (Å²) in [6.45, 7) is 4.54. The molecule has 10 heteroatoms. The van der Waals surface area contributed by atoms with Gasteiger partial charge in [-0.3, -0.25) is 4.18 Å². The lowest BCUT2D eigenvalue weighted by molar-refractivity contribution is -0.0562. The van der Waals surface area contributed by atoms with Crippen molar-refractivity contribution in [1.82, 2.24) is 4.90 Å². The molecule has 1 heterocycles. The number of likely N-dealkylation sites (tertiary alicyclic amines) is 1. The van der Waals surface area contributed by atoms with E-state index in [1.54, 1.807) is 20.8 Å². The number of alkyl halides is 3. The highest BCUT2D eigenvalue weighted by atomic mass is 32.2. The Balaban J connectivity index is 2.73. The molecule has 0 aromatic rings. The first kappa shape index (κ1) is 19.0. The number of nitrogens with zero attached hydrogens (tertiary/aromatic N) is 1. The highest BCUT2D eigenvalue weighted by Crippen LogP contribution is 2.26. The van der Waals surface area contributed by atoms with Gasteiger partial charge in [0.1, 0.15) is 5.60 Å². The zero-order valence-corrected chi connectivity index (χ0v) is 13.5. The fourth-order valence-corrected chi connectivity index (χ4v) is 2.44. The molecule has 0 aromatic heterocycles. The van der Waals surface area contributed by atoms with Crippen LogP contribution in [0.5, 0.6) is 0 Å². The van der Waals surface area contributed by atoms with Gasteiger partial charge in [0.25, 0.3) is 0 Å². The lowest BCUT2D eigenvalue weighted by Crippen LogP contribution is -2.48. The first-order valence-corrected chi connectivity index (χ1v) is 8.19. The molecule has 0 aliphatic carbocycles. The predicted molar refractivity (Wildman–Crippen MR) is 71.5 cm³/mol. The predicted octanol–water partition coefficient (Wildman–Crippen LogP) is 2.64. The molecule has 0 saturated carbocycles. The molecule has 0 radical (unpaired) electrons. The Labute approximate surface area is 127 Å². The van der Waals surface area contributed by atoms with Crippen LogP contribution in [0.25, 0.3) is 0 Å². The Morgan fingerprint density at radius 2 is 1.82 bits per heavy atom. The van der Waals surface area contributed by atoms with Crippen LogP contribution in [-0.2, 0) is 19.0 Å². The van der Waals surface area contributed by atoms with E-state index in [1.165, 1.54) is 4.90 Å². The van der Waals surface area contributed by atoms with Crippen LogP contribution >= 0.6 is 0 Å². The summed E-state index contributed by atoms with van der Waals surface area (Å²) in [7, 11) is -5.66. The van der Waals surface area contributed by atoms with Crippen LogP contribution in [-0.4, -0.2) is 49.7 Å². The highest BCUT2D eigenvalue weighted by Gasteiger charge is 2.48. The molecule has 1 saturated heterocycles. The lowest BCUT2D eigenvalue weighted by Gasteiger charge is -2.36. The van der Waals surface area contributed by atoms with E-state index in [0.29, 0.717) is 19.3 Å². The van der Waals surface area contributed by atoms with Crippen molar-refractivity contribution in [3.8, 4) is 0 Å². The SMILES string of the molecule is CC(C)(C)OC(=O)N1CCCC[C@@H]1COS(=O)(=O)C(F)(F)F. The molecular weight excluding hydrogens is 327 g/mol. The standard InChI is InChI=1S/C12H20F3NO5S/c1-11(2,3)21-10(17)16-7-5-4-6-9(16)8-20-22(18,19)12(13,14)15/h9H,4-8H2,1-3H3/t9-/m1/s1. The highest BCUT2D eigenvalue weighted by molar-refractivity contribution is 7.87. The second-order valence-electron chi connectivity index (χ2n) is 6.01. The molecule has 1 fully saturated rings. The number of hydrogen-bond donors (Lipinski definition) is 0. The van der Waals surface area contributed by atoms with Crippen LogP contribution in [0, 0.1) is 0 Å². The fourth-order valence-electron chi connectivity index (χ4n) is 1.97. The molecule has 0 aromatic carbocycles. The molecule has 1 atom stereocenters. The fraction of sp³-hybridized carbons (Fsp3) is 0.917. The Bertz CT molecular complexity index is 498. The van der Waals surface area contributed by atoms with Crippen molar-refractivity contribution in [2.45, 2.75) is 57.2 Å². The summed E-state index contributed by atoms with van der Waals surface area (Å²) in [6, 6.07) is -0.763. The number of carbonyl (C=O) groups excluding carboxylic acids is 1. The maximum atomic E-state index is 12.2. The minimum atomic E-state index is -5.66. The second kappa shape index (κ2) is 6.61. The van der Waals surface area contributed by atoms with Crippen molar-refractivity contribution in [3.05, 3.63) is 0 Å². The zero-order chi connectivity index (χ0) is 17.2. The number of halogens is 3. The Morgan fingerprint density at radius 1 is 1.23 bits per heavy atom. The van der Waals surface area contributed by atoms with E-state index in [-0.39, 0.29) is 6.54 Å². The molecule has 1 amide bonds. The number of hydrogen-bond acceptors (Lipinski definition) is 5. The summed E-state index contributed by atoms with van der Waals surface area (Å²) in [5.41, 5.74) is -6.23. The van der Waals surface area contributed by atoms with Crippen molar-refractivity contribution in [3.63, 3.8) is 0 Å². The van der Waals surface area contributed by atoms with Gasteiger partial charge in [0.2, 0.25) is 0 Å². The molecule has 22 heavy (non-hydrogen) atoms. The monoisotopic (exact) mass is 347 g/mol. The van der Waals surface area contributed by atoms with Crippen molar-refractivity contribution in [2.24, 2.45) is 0 Å². The molecule has 1 aliphatic rings. The van der Waals surface area contributed by atoms with Gasteiger partial charge in [-0.05, 0) is 40.0 Å². The summed E-state index contributed by atoms with van der Waals surface area (Å²) in [6.07, 6.45) is 0.999. The summed E-state index contributed by atoms with van der Waals surface area (Å²) < 4.78 is 67.8. The third-order valence-electron chi connectivity index (χ3n) is 2.95. The molecule has 0 unspecified atom stereocenters. The van der Waals surface area contributed by atoms with Gasteiger partial charge in [-0.25, -0.2) is 4.79 Å². The number of ether oxygens (including phenoxy) is 1. The molecule has 1 rings (SSSR count). The Hall–Kier alpha value is -1.03. The van der Waals surface area contributed by atoms with E-state index >= 15 is 0 Å². The maximum absolute atomic E-state index is 12.2. The molecule has 0 N–H and O–H groups in total. The molecule has 130 valence electrons. The molecular formula is C12H20F3NO5S. The van der Waals surface area contributed by atoms with Gasteiger partial charge in [-0.1, -0.05) is 0 Å². The molecule has 1 aliphatic heterocycles. The molecule has 0 bridgehead atoms. The third-order valence-corrected chi connectivity index (χ3v) is 3.97. The van der Waals surface area contributed by atoms with Gasteiger partial charge < -0.3 is 9.64 Å². The van der Waals surface area contributed by atoms with Gasteiger partial charge in [-0.15, -0.1) is 0 Å². The largest absolute Gasteiger partial charge is 0.523 e. The summed E-state index contributed by atoms with van der Waals surface area (Å²) in [5.74, 6) is 0. The number of amides is 1. The molecule has 0 spiro atoms. The van der Waals surface area contributed by atoms with Gasteiger partial charge in [-0.2, -0.15) is 21.6 Å². The van der Waals surface area contributed by atoms with Crippen LogP contribution in [0.1, 0.15) is 40.0 Å². The number of rotatable bonds is 3. The van der Waals surface area contributed by atoms with Crippen molar-refractivity contribution in [1.29, 1.82) is 0 Å². The second-order valence-corrected chi connectivity index (χ2v) is 7.61. The van der Waals surface area contributed by atoms with Gasteiger partial charge in [0.05, 0.1) is 12.6 Å². The number of piperidine rings is 1. The molecule has 6 nitrogen and oxygen atoms in total. The van der Waals surface area contributed by atoms with E-state index < -0.39 is 40.0 Å². The van der Waals surface area contributed by atoms with Crippen LogP contribution in [0.4, 0.5) is 18.0 Å². The summed E-state index contributed by atoms with van der Waals surface area (Å²) >= 11 is 0. The quantitative estimate of drug-likeness (QED) is 0.580. The first-order chi connectivity index (χ1) is 9.83. The smallest absolute Gasteiger partial charge is 0.444 e. The van der Waals surface area contributed by atoms with E-state index in [2.05, 4.69) is 4.18 Å². The lowest BCUT2D eigenvalue weighted by atomic mass is 10.0.